The maximum atomic E-state index is 12.4. The van der Waals surface area contributed by atoms with Crippen molar-refractivity contribution in [3.63, 3.8) is 0 Å². The van der Waals surface area contributed by atoms with Gasteiger partial charge in [-0.2, -0.15) is 0 Å². The highest BCUT2D eigenvalue weighted by molar-refractivity contribution is 5.76. The number of ether oxygens (including phenoxy) is 1. The first kappa shape index (κ1) is 59.3. The summed E-state index contributed by atoms with van der Waals surface area (Å²) in [4.78, 5) is 24.5. The number of carbonyl (C=O) groups is 2. The van der Waals surface area contributed by atoms with E-state index >= 15 is 0 Å². The van der Waals surface area contributed by atoms with Crippen LogP contribution in [-0.4, -0.2) is 47.4 Å². The Kier molecular flexibility index (Phi) is 49.6. The molecule has 0 aliphatic heterocycles. The van der Waals surface area contributed by atoms with Gasteiger partial charge in [0, 0.05) is 12.8 Å². The number of carbonyl (C=O) groups excluding carboxylic acids is 2. The molecular formula is C55H105NO5. The van der Waals surface area contributed by atoms with Gasteiger partial charge in [-0.15, -0.1) is 0 Å². The lowest BCUT2D eigenvalue weighted by Crippen LogP contribution is -2.45. The zero-order chi connectivity index (χ0) is 44.4. The van der Waals surface area contributed by atoms with Crippen molar-refractivity contribution in [3.8, 4) is 0 Å². The van der Waals surface area contributed by atoms with Gasteiger partial charge in [0.05, 0.1) is 25.4 Å². The number of amides is 1. The largest absolute Gasteiger partial charge is 0.466 e. The molecular weight excluding hydrogens is 755 g/mol. The van der Waals surface area contributed by atoms with Crippen LogP contribution in [0.3, 0.4) is 0 Å². The van der Waals surface area contributed by atoms with Crippen molar-refractivity contribution >= 4 is 11.9 Å². The van der Waals surface area contributed by atoms with Gasteiger partial charge in [0.2, 0.25) is 5.91 Å². The van der Waals surface area contributed by atoms with Crippen molar-refractivity contribution in [2.45, 2.75) is 302 Å². The molecule has 2 atom stereocenters. The molecule has 360 valence electrons. The van der Waals surface area contributed by atoms with E-state index in [0.29, 0.717) is 19.4 Å². The summed E-state index contributed by atoms with van der Waals surface area (Å²) in [6, 6.07) is -0.641. The van der Waals surface area contributed by atoms with Gasteiger partial charge in [-0.05, 0) is 57.8 Å². The summed E-state index contributed by atoms with van der Waals surface area (Å²) in [5.74, 6) is -0.102. The number of allylic oxidation sites excluding steroid dienone is 3. The third kappa shape index (κ3) is 47.7. The van der Waals surface area contributed by atoms with E-state index in [1.54, 1.807) is 6.08 Å². The maximum absolute atomic E-state index is 12.4. The van der Waals surface area contributed by atoms with Crippen molar-refractivity contribution in [3.05, 3.63) is 24.3 Å². The van der Waals surface area contributed by atoms with E-state index < -0.39 is 12.1 Å². The van der Waals surface area contributed by atoms with Crippen LogP contribution in [0, 0.1) is 0 Å². The lowest BCUT2D eigenvalue weighted by Gasteiger charge is -2.20. The smallest absolute Gasteiger partial charge is 0.305 e. The maximum Gasteiger partial charge on any atom is 0.305 e. The average Bonchev–Trinajstić information content (AvgIpc) is 3.26. The van der Waals surface area contributed by atoms with Crippen LogP contribution < -0.4 is 5.32 Å². The molecule has 0 fully saturated rings. The first-order chi connectivity index (χ1) is 30.0. The summed E-state index contributed by atoms with van der Waals surface area (Å²) < 4.78 is 5.47. The van der Waals surface area contributed by atoms with Crippen LogP contribution in [0.1, 0.15) is 290 Å². The first-order valence-corrected chi connectivity index (χ1v) is 27.1. The molecule has 0 aromatic rings. The van der Waals surface area contributed by atoms with Crippen molar-refractivity contribution in [1.29, 1.82) is 0 Å². The molecule has 0 saturated heterocycles. The zero-order valence-electron chi connectivity index (χ0n) is 40.9. The van der Waals surface area contributed by atoms with Gasteiger partial charge in [0.25, 0.3) is 0 Å². The lowest BCUT2D eigenvalue weighted by molar-refractivity contribution is -0.143. The van der Waals surface area contributed by atoms with Crippen LogP contribution in [0.25, 0.3) is 0 Å². The topological polar surface area (TPSA) is 95.9 Å². The Balaban J connectivity index is 3.47. The third-order valence-corrected chi connectivity index (χ3v) is 12.5. The van der Waals surface area contributed by atoms with Gasteiger partial charge in [-0.25, -0.2) is 0 Å². The Morgan fingerprint density at radius 1 is 0.443 bits per heavy atom. The molecule has 0 bridgehead atoms. The van der Waals surface area contributed by atoms with E-state index in [1.807, 2.05) is 6.08 Å². The molecule has 3 N–H and O–H groups in total. The number of aliphatic hydroxyl groups is 2. The van der Waals surface area contributed by atoms with Crippen LogP contribution in [0.5, 0.6) is 0 Å². The van der Waals surface area contributed by atoms with E-state index in [4.69, 9.17) is 4.74 Å². The highest BCUT2D eigenvalue weighted by atomic mass is 16.5. The van der Waals surface area contributed by atoms with E-state index in [0.717, 1.165) is 57.8 Å². The molecule has 0 heterocycles. The minimum absolute atomic E-state index is 0.0159. The summed E-state index contributed by atoms with van der Waals surface area (Å²) in [6.45, 7) is 4.86. The average molecular weight is 860 g/mol. The number of unbranched alkanes of at least 4 members (excludes halogenated alkanes) is 37. The Morgan fingerprint density at radius 2 is 0.770 bits per heavy atom. The van der Waals surface area contributed by atoms with Gasteiger partial charge < -0.3 is 20.3 Å². The molecule has 0 aromatic heterocycles. The number of hydrogen-bond acceptors (Lipinski definition) is 5. The van der Waals surface area contributed by atoms with Gasteiger partial charge in [0.15, 0.2) is 0 Å². The molecule has 0 aromatic carbocycles. The van der Waals surface area contributed by atoms with Crippen LogP contribution in [0.4, 0.5) is 0 Å². The second-order valence-electron chi connectivity index (χ2n) is 18.6. The summed E-state index contributed by atoms with van der Waals surface area (Å²) in [6.07, 6.45) is 60.4. The fourth-order valence-corrected chi connectivity index (χ4v) is 8.27. The Bertz CT molecular complexity index is 951. The van der Waals surface area contributed by atoms with Crippen LogP contribution in [-0.2, 0) is 14.3 Å². The molecule has 6 heteroatoms. The van der Waals surface area contributed by atoms with Crippen LogP contribution in [0.2, 0.25) is 0 Å². The Labute approximate surface area is 380 Å². The second kappa shape index (κ2) is 51.0. The first-order valence-electron chi connectivity index (χ1n) is 27.1. The monoisotopic (exact) mass is 860 g/mol. The summed E-state index contributed by atoms with van der Waals surface area (Å²) in [7, 11) is 0. The lowest BCUT2D eigenvalue weighted by atomic mass is 10.0. The molecule has 2 unspecified atom stereocenters. The molecule has 0 radical (unpaired) electrons. The Hall–Kier alpha value is -1.66. The number of esters is 1. The second-order valence-corrected chi connectivity index (χ2v) is 18.6. The Morgan fingerprint density at radius 3 is 1.16 bits per heavy atom. The zero-order valence-corrected chi connectivity index (χ0v) is 40.9. The van der Waals surface area contributed by atoms with Crippen molar-refractivity contribution < 1.29 is 24.5 Å². The van der Waals surface area contributed by atoms with E-state index in [9.17, 15) is 19.8 Å². The van der Waals surface area contributed by atoms with Gasteiger partial charge in [0.1, 0.15) is 0 Å². The SMILES string of the molecule is CCCCCCCC/C=C\CCCCCCCCCCCC(=O)OCCCCCCCCCCCCCC(=O)NC(CO)C(O)/C=C/CCCCCCCCCCCCCC. The fourth-order valence-electron chi connectivity index (χ4n) is 8.27. The highest BCUT2D eigenvalue weighted by Crippen LogP contribution is 2.16. The summed E-state index contributed by atoms with van der Waals surface area (Å²) in [5.41, 5.74) is 0. The van der Waals surface area contributed by atoms with E-state index in [-0.39, 0.29) is 18.5 Å². The molecule has 0 rings (SSSR count). The fraction of sp³-hybridized carbons (Fsp3) is 0.891. The third-order valence-electron chi connectivity index (χ3n) is 12.5. The summed E-state index contributed by atoms with van der Waals surface area (Å²) in [5, 5.41) is 23.0. The molecule has 0 aliphatic carbocycles. The normalized spacial score (nSPS) is 12.8. The van der Waals surface area contributed by atoms with Crippen LogP contribution >= 0.6 is 0 Å². The standard InChI is InChI=1S/C55H105NO5/c1-3-5-7-9-11-13-15-17-19-20-21-22-23-25-29-33-37-41-45-49-55(60)61-50-46-42-38-34-30-26-28-32-36-40-44-48-54(59)56-52(51-57)53(58)47-43-39-35-31-27-24-18-16-14-12-10-8-6-4-2/h17,19,43,47,52-53,57-58H,3-16,18,20-42,44-46,48-51H2,1-2H3,(H,56,59)/b19-17-,47-43+. The molecule has 61 heavy (non-hydrogen) atoms. The predicted octanol–water partition coefficient (Wildman–Crippen LogP) is 16.3. The molecule has 6 nitrogen and oxygen atoms in total. The number of aliphatic hydroxyl groups excluding tert-OH is 2. The molecule has 0 spiro atoms. The van der Waals surface area contributed by atoms with Crippen LogP contribution in [0.15, 0.2) is 24.3 Å². The summed E-state index contributed by atoms with van der Waals surface area (Å²) >= 11 is 0. The molecule has 1 amide bonds. The number of rotatable bonds is 50. The molecule has 0 saturated carbocycles. The predicted molar refractivity (Wildman–Crippen MR) is 264 cm³/mol. The number of hydrogen-bond donors (Lipinski definition) is 3. The number of nitrogens with one attached hydrogen (secondary N) is 1. The highest BCUT2D eigenvalue weighted by Gasteiger charge is 2.18. The van der Waals surface area contributed by atoms with E-state index in [2.05, 4.69) is 31.3 Å². The van der Waals surface area contributed by atoms with Gasteiger partial charge >= 0.3 is 5.97 Å². The van der Waals surface area contributed by atoms with Crippen molar-refractivity contribution in [2.75, 3.05) is 13.2 Å². The van der Waals surface area contributed by atoms with Gasteiger partial charge in [-0.3, -0.25) is 9.59 Å². The van der Waals surface area contributed by atoms with Gasteiger partial charge in [-0.1, -0.05) is 244 Å². The minimum Gasteiger partial charge on any atom is -0.466 e. The van der Waals surface area contributed by atoms with Crippen molar-refractivity contribution in [2.24, 2.45) is 0 Å². The van der Waals surface area contributed by atoms with E-state index in [1.165, 1.54) is 205 Å². The van der Waals surface area contributed by atoms with Crippen molar-refractivity contribution in [1.82, 2.24) is 5.32 Å². The quantitative estimate of drug-likeness (QED) is 0.0322. The minimum atomic E-state index is -0.856. The molecule has 0 aliphatic rings.